The number of rotatable bonds is 7. The second-order valence-electron chi connectivity index (χ2n) is 3.97. The molecule has 0 radical (unpaired) electrons. The number of carbonyl (C=O) groups excluding carboxylic acids is 1. The third-order valence-corrected chi connectivity index (χ3v) is 5.31. The number of thioether (sulfide) groups is 2. The number of amides is 1. The topological polar surface area (TPSA) is 64.1 Å². The number of nitrogens with zero attached hydrogens (tertiary/aromatic N) is 2. The van der Waals surface area contributed by atoms with Gasteiger partial charge in [0.2, 0.25) is 11.0 Å². The van der Waals surface area contributed by atoms with E-state index in [1.165, 1.54) is 23.1 Å². The smallest absolute Gasteiger partial charge is 0.236 e. The number of ether oxygens (including phenoxy) is 1. The van der Waals surface area contributed by atoms with Crippen molar-refractivity contribution in [2.24, 2.45) is 0 Å². The molecule has 0 fully saturated rings. The minimum atomic E-state index is -0.0580. The van der Waals surface area contributed by atoms with Gasteiger partial charge >= 0.3 is 0 Å². The second kappa shape index (κ2) is 8.26. The van der Waals surface area contributed by atoms with Crippen LogP contribution in [0.2, 0.25) is 0 Å². The third-order valence-electron chi connectivity index (χ3n) is 2.49. The first-order chi connectivity index (χ1) is 10.2. The molecular formula is C13H15N3O2S3. The molecule has 0 unspecified atom stereocenters. The van der Waals surface area contributed by atoms with E-state index in [2.05, 4.69) is 15.5 Å². The molecule has 1 aromatic heterocycles. The van der Waals surface area contributed by atoms with E-state index in [0.717, 1.165) is 21.4 Å². The molecule has 0 aliphatic heterocycles. The summed E-state index contributed by atoms with van der Waals surface area (Å²) in [7, 11) is 1.64. The maximum Gasteiger partial charge on any atom is 0.236 e. The number of hydrogen-bond donors (Lipinski definition) is 1. The van der Waals surface area contributed by atoms with Crippen molar-refractivity contribution in [3.63, 3.8) is 0 Å². The monoisotopic (exact) mass is 341 g/mol. The van der Waals surface area contributed by atoms with Crippen molar-refractivity contribution >= 4 is 45.9 Å². The van der Waals surface area contributed by atoms with Crippen LogP contribution < -0.4 is 10.1 Å². The van der Waals surface area contributed by atoms with Crippen LogP contribution in [0.25, 0.3) is 0 Å². The van der Waals surface area contributed by atoms with Crippen molar-refractivity contribution in [1.29, 1.82) is 0 Å². The summed E-state index contributed by atoms with van der Waals surface area (Å²) in [6, 6.07) is 7.83. The molecule has 0 atom stereocenters. The number of carbonyl (C=O) groups is 1. The Hall–Kier alpha value is -1.25. The lowest BCUT2D eigenvalue weighted by Gasteiger charge is -2.03. The zero-order valence-electron chi connectivity index (χ0n) is 11.7. The maximum absolute atomic E-state index is 11.8. The Bertz CT molecular complexity index is 587. The predicted molar refractivity (Wildman–Crippen MR) is 89.5 cm³/mol. The van der Waals surface area contributed by atoms with Crippen molar-refractivity contribution in [3.05, 3.63) is 29.8 Å². The molecule has 0 aliphatic carbocycles. The Labute approximate surface area is 135 Å². The molecule has 2 rings (SSSR count). The van der Waals surface area contributed by atoms with E-state index in [-0.39, 0.29) is 5.91 Å². The van der Waals surface area contributed by atoms with Crippen LogP contribution in [0.5, 0.6) is 5.75 Å². The summed E-state index contributed by atoms with van der Waals surface area (Å²) in [6.07, 6.45) is 1.93. The molecular weight excluding hydrogens is 326 g/mol. The van der Waals surface area contributed by atoms with Crippen LogP contribution in [0, 0.1) is 0 Å². The molecule has 1 aromatic carbocycles. The normalized spacial score (nSPS) is 10.4. The number of benzene rings is 1. The Morgan fingerprint density at radius 2 is 2.10 bits per heavy atom. The largest absolute Gasteiger partial charge is 0.497 e. The lowest BCUT2D eigenvalue weighted by Crippen LogP contribution is -2.13. The van der Waals surface area contributed by atoms with E-state index in [0.29, 0.717) is 10.9 Å². The highest BCUT2D eigenvalue weighted by Gasteiger charge is 2.07. The van der Waals surface area contributed by atoms with Crippen LogP contribution in [0.1, 0.15) is 5.56 Å². The zero-order valence-corrected chi connectivity index (χ0v) is 14.1. The first kappa shape index (κ1) is 16.1. The van der Waals surface area contributed by atoms with Crippen molar-refractivity contribution in [2.75, 3.05) is 24.4 Å². The van der Waals surface area contributed by atoms with Crippen molar-refractivity contribution < 1.29 is 9.53 Å². The van der Waals surface area contributed by atoms with Gasteiger partial charge in [0, 0.05) is 5.75 Å². The van der Waals surface area contributed by atoms with Crippen molar-refractivity contribution in [2.45, 2.75) is 10.1 Å². The highest BCUT2D eigenvalue weighted by molar-refractivity contribution is 8.00. The van der Waals surface area contributed by atoms with Crippen LogP contribution in [0.4, 0.5) is 5.13 Å². The van der Waals surface area contributed by atoms with Crippen LogP contribution in [-0.4, -0.2) is 35.2 Å². The highest BCUT2D eigenvalue weighted by Crippen LogP contribution is 2.23. The Morgan fingerprint density at radius 1 is 1.33 bits per heavy atom. The van der Waals surface area contributed by atoms with Gasteiger partial charge in [0.1, 0.15) is 5.75 Å². The van der Waals surface area contributed by atoms with Gasteiger partial charge in [0.25, 0.3) is 0 Å². The van der Waals surface area contributed by atoms with E-state index in [9.17, 15) is 4.79 Å². The van der Waals surface area contributed by atoms with Crippen LogP contribution in [0.3, 0.4) is 0 Å². The summed E-state index contributed by atoms with van der Waals surface area (Å²) in [5.41, 5.74) is 1.16. The summed E-state index contributed by atoms with van der Waals surface area (Å²) in [4.78, 5) is 11.8. The molecule has 0 bridgehead atoms. The standard InChI is InChI=1S/C13H15N3O2S3/c1-18-10-5-3-9(4-6-10)7-20-8-11(17)14-12-15-16-13(19-2)21-12/h3-6H,7-8H2,1-2H3,(H,14,15,17). The molecule has 0 aliphatic rings. The molecule has 1 amide bonds. The molecule has 112 valence electrons. The molecule has 5 nitrogen and oxygen atoms in total. The average molecular weight is 341 g/mol. The fourth-order valence-corrected chi connectivity index (χ4v) is 3.46. The zero-order chi connectivity index (χ0) is 15.1. The molecule has 8 heteroatoms. The Balaban J connectivity index is 1.73. The molecule has 0 saturated carbocycles. The van der Waals surface area contributed by atoms with Gasteiger partial charge in [-0.25, -0.2) is 0 Å². The fraction of sp³-hybridized carbons (Fsp3) is 0.308. The van der Waals surface area contributed by atoms with Crippen molar-refractivity contribution in [1.82, 2.24) is 10.2 Å². The summed E-state index contributed by atoms with van der Waals surface area (Å²) in [5.74, 6) is 1.95. The van der Waals surface area contributed by atoms with E-state index in [1.54, 1.807) is 18.9 Å². The minimum Gasteiger partial charge on any atom is -0.497 e. The van der Waals surface area contributed by atoms with Crippen molar-refractivity contribution in [3.8, 4) is 5.75 Å². The van der Waals surface area contributed by atoms with Crippen LogP contribution in [-0.2, 0) is 10.5 Å². The Kier molecular flexibility index (Phi) is 6.34. The number of aromatic nitrogens is 2. The molecule has 21 heavy (non-hydrogen) atoms. The maximum atomic E-state index is 11.8. The lowest BCUT2D eigenvalue weighted by atomic mass is 10.2. The highest BCUT2D eigenvalue weighted by atomic mass is 32.2. The van der Waals surface area contributed by atoms with E-state index in [4.69, 9.17) is 4.74 Å². The van der Waals surface area contributed by atoms with E-state index < -0.39 is 0 Å². The third kappa shape index (κ3) is 5.22. The number of methoxy groups -OCH3 is 1. The number of anilines is 1. The summed E-state index contributed by atoms with van der Waals surface area (Å²) in [6.45, 7) is 0. The van der Waals surface area contributed by atoms with Gasteiger partial charge in [0.05, 0.1) is 12.9 Å². The fourth-order valence-electron chi connectivity index (χ4n) is 1.48. The van der Waals surface area contributed by atoms with Gasteiger partial charge in [0.15, 0.2) is 4.34 Å². The quantitative estimate of drug-likeness (QED) is 0.616. The van der Waals surface area contributed by atoms with Crippen LogP contribution >= 0.6 is 34.9 Å². The van der Waals surface area contributed by atoms with Gasteiger partial charge in [-0.15, -0.1) is 22.0 Å². The lowest BCUT2D eigenvalue weighted by molar-refractivity contribution is -0.113. The van der Waals surface area contributed by atoms with Gasteiger partial charge in [-0.3, -0.25) is 10.1 Å². The van der Waals surface area contributed by atoms with Gasteiger partial charge in [-0.2, -0.15) is 0 Å². The number of hydrogen-bond acceptors (Lipinski definition) is 7. The first-order valence-corrected chi connectivity index (χ1v) is 9.29. The van der Waals surface area contributed by atoms with Gasteiger partial charge < -0.3 is 4.74 Å². The first-order valence-electron chi connectivity index (χ1n) is 6.09. The molecule has 1 N–H and O–H groups in total. The molecule has 2 aromatic rings. The summed E-state index contributed by atoms with van der Waals surface area (Å²) in [5, 5.41) is 11.1. The van der Waals surface area contributed by atoms with Gasteiger partial charge in [-0.05, 0) is 24.0 Å². The summed E-state index contributed by atoms with van der Waals surface area (Å²) >= 11 is 4.45. The van der Waals surface area contributed by atoms with Crippen LogP contribution in [0.15, 0.2) is 28.6 Å². The molecule has 0 saturated heterocycles. The molecule has 0 spiro atoms. The Morgan fingerprint density at radius 3 is 2.71 bits per heavy atom. The number of nitrogens with one attached hydrogen (secondary N) is 1. The summed E-state index contributed by atoms with van der Waals surface area (Å²) < 4.78 is 5.95. The second-order valence-corrected chi connectivity index (χ2v) is 6.98. The SMILES string of the molecule is COc1ccc(CSCC(=O)Nc2nnc(SC)s2)cc1. The van der Waals surface area contributed by atoms with E-state index >= 15 is 0 Å². The predicted octanol–water partition coefficient (Wildman–Crippen LogP) is 3.14. The van der Waals surface area contributed by atoms with E-state index in [1.807, 2.05) is 30.5 Å². The minimum absolute atomic E-state index is 0.0580. The molecule has 1 heterocycles. The van der Waals surface area contributed by atoms with Gasteiger partial charge in [-0.1, -0.05) is 35.2 Å². The average Bonchev–Trinajstić information content (AvgIpc) is 2.95.